The maximum atomic E-state index is 12.4. The zero-order valence-electron chi connectivity index (χ0n) is 15.8. The van der Waals surface area contributed by atoms with Gasteiger partial charge in [-0.25, -0.2) is 0 Å². The van der Waals surface area contributed by atoms with Crippen molar-refractivity contribution in [3.05, 3.63) is 59.7 Å². The molecule has 6 nitrogen and oxygen atoms in total. The van der Waals surface area contributed by atoms with Crippen molar-refractivity contribution in [2.24, 2.45) is 0 Å². The van der Waals surface area contributed by atoms with Crippen LogP contribution in [0, 0.1) is 6.92 Å². The van der Waals surface area contributed by atoms with Crippen LogP contribution >= 0.6 is 0 Å². The van der Waals surface area contributed by atoms with Gasteiger partial charge in [-0.2, -0.15) is 0 Å². The maximum absolute atomic E-state index is 12.4. The summed E-state index contributed by atoms with van der Waals surface area (Å²) >= 11 is 0. The van der Waals surface area contributed by atoms with Crippen LogP contribution in [0.2, 0.25) is 0 Å². The fourth-order valence-corrected chi connectivity index (χ4v) is 3.15. The lowest BCUT2D eigenvalue weighted by atomic mass is 10.1. The SMILES string of the molecule is COc1ccccc1N1CCN(C(=O)C(=O)NCc2ccc(C)cc2)CC1. The van der Waals surface area contributed by atoms with Crippen molar-refractivity contribution in [2.75, 3.05) is 38.2 Å². The number of carbonyl (C=O) groups excluding carboxylic acids is 2. The lowest BCUT2D eigenvalue weighted by Crippen LogP contribution is -2.52. The Morgan fingerprint density at radius 1 is 1.00 bits per heavy atom. The van der Waals surface area contributed by atoms with Gasteiger partial charge in [0, 0.05) is 32.7 Å². The normalized spacial score (nSPS) is 14.0. The molecule has 1 aliphatic rings. The number of rotatable bonds is 4. The largest absolute Gasteiger partial charge is 0.495 e. The van der Waals surface area contributed by atoms with Gasteiger partial charge in [-0.15, -0.1) is 0 Å². The highest BCUT2D eigenvalue weighted by Gasteiger charge is 2.26. The van der Waals surface area contributed by atoms with Crippen LogP contribution in [0.15, 0.2) is 48.5 Å². The molecule has 2 aromatic rings. The molecule has 3 rings (SSSR count). The number of para-hydroxylation sites is 2. The van der Waals surface area contributed by atoms with Gasteiger partial charge in [0.05, 0.1) is 12.8 Å². The Labute approximate surface area is 159 Å². The summed E-state index contributed by atoms with van der Waals surface area (Å²) in [6.45, 7) is 4.71. The highest BCUT2D eigenvalue weighted by Crippen LogP contribution is 2.28. The van der Waals surface area contributed by atoms with E-state index in [1.54, 1.807) is 12.0 Å². The monoisotopic (exact) mass is 367 g/mol. The van der Waals surface area contributed by atoms with Crippen LogP contribution in [0.1, 0.15) is 11.1 Å². The van der Waals surface area contributed by atoms with Crippen LogP contribution in [0.3, 0.4) is 0 Å². The van der Waals surface area contributed by atoms with Crippen molar-refractivity contribution in [1.29, 1.82) is 0 Å². The molecular formula is C21H25N3O3. The minimum atomic E-state index is -0.554. The number of hydrogen-bond acceptors (Lipinski definition) is 4. The lowest BCUT2D eigenvalue weighted by Gasteiger charge is -2.36. The van der Waals surface area contributed by atoms with E-state index in [1.807, 2.05) is 55.5 Å². The molecule has 142 valence electrons. The number of benzene rings is 2. The van der Waals surface area contributed by atoms with E-state index in [1.165, 1.54) is 0 Å². The van der Waals surface area contributed by atoms with Crippen LogP contribution in [-0.4, -0.2) is 50.0 Å². The van der Waals surface area contributed by atoms with Gasteiger partial charge in [-0.05, 0) is 24.6 Å². The molecule has 1 heterocycles. The lowest BCUT2D eigenvalue weighted by molar-refractivity contribution is -0.146. The van der Waals surface area contributed by atoms with E-state index in [4.69, 9.17) is 4.74 Å². The number of nitrogens with one attached hydrogen (secondary N) is 1. The second kappa shape index (κ2) is 8.58. The molecule has 2 aromatic carbocycles. The molecule has 0 bridgehead atoms. The van der Waals surface area contributed by atoms with Crippen molar-refractivity contribution in [1.82, 2.24) is 10.2 Å². The zero-order valence-corrected chi connectivity index (χ0v) is 15.8. The van der Waals surface area contributed by atoms with Gasteiger partial charge in [0.25, 0.3) is 0 Å². The van der Waals surface area contributed by atoms with Crippen LogP contribution in [-0.2, 0) is 16.1 Å². The first-order valence-corrected chi connectivity index (χ1v) is 9.09. The Morgan fingerprint density at radius 2 is 1.67 bits per heavy atom. The molecule has 27 heavy (non-hydrogen) atoms. The highest BCUT2D eigenvalue weighted by atomic mass is 16.5. The first kappa shape index (κ1) is 18.8. The Morgan fingerprint density at radius 3 is 2.33 bits per heavy atom. The van der Waals surface area contributed by atoms with E-state index in [0.29, 0.717) is 32.7 Å². The highest BCUT2D eigenvalue weighted by molar-refractivity contribution is 6.35. The molecule has 0 atom stereocenters. The number of aryl methyl sites for hydroxylation is 1. The molecule has 6 heteroatoms. The summed E-state index contributed by atoms with van der Waals surface area (Å²) in [5.74, 6) is -0.212. The smallest absolute Gasteiger partial charge is 0.312 e. The Bertz CT molecular complexity index is 797. The Hall–Kier alpha value is -3.02. The fraction of sp³-hybridized carbons (Fsp3) is 0.333. The van der Waals surface area contributed by atoms with Gasteiger partial charge in [0.1, 0.15) is 5.75 Å². The summed E-state index contributed by atoms with van der Waals surface area (Å²) in [6, 6.07) is 15.7. The summed E-state index contributed by atoms with van der Waals surface area (Å²) in [4.78, 5) is 28.4. The first-order valence-electron chi connectivity index (χ1n) is 9.09. The second-order valence-electron chi connectivity index (χ2n) is 6.62. The third kappa shape index (κ3) is 4.58. The molecule has 0 aliphatic carbocycles. The average molecular weight is 367 g/mol. The number of nitrogens with zero attached hydrogens (tertiary/aromatic N) is 2. The summed E-state index contributed by atoms with van der Waals surface area (Å²) in [7, 11) is 1.65. The molecule has 0 saturated carbocycles. The maximum Gasteiger partial charge on any atom is 0.312 e. The quantitative estimate of drug-likeness (QED) is 0.840. The predicted octanol–water partition coefficient (Wildman–Crippen LogP) is 1.97. The van der Waals surface area contributed by atoms with Crippen molar-refractivity contribution >= 4 is 17.5 Å². The molecule has 2 amide bonds. The number of amides is 2. The standard InChI is InChI=1S/C21H25N3O3/c1-16-7-9-17(10-8-16)15-22-20(25)21(26)24-13-11-23(12-14-24)18-5-3-4-6-19(18)27-2/h3-10H,11-15H2,1-2H3,(H,22,25). The fourth-order valence-electron chi connectivity index (χ4n) is 3.15. The topological polar surface area (TPSA) is 61.9 Å². The number of hydrogen-bond donors (Lipinski definition) is 1. The number of anilines is 1. The Kier molecular flexibility index (Phi) is 5.96. The number of methoxy groups -OCH3 is 1. The van der Waals surface area contributed by atoms with Gasteiger partial charge in [-0.1, -0.05) is 42.0 Å². The van der Waals surface area contributed by atoms with Gasteiger partial charge < -0.3 is 19.9 Å². The number of ether oxygens (including phenoxy) is 1. The van der Waals surface area contributed by atoms with E-state index in [0.717, 1.165) is 22.6 Å². The third-order valence-electron chi connectivity index (χ3n) is 4.76. The van der Waals surface area contributed by atoms with Crippen molar-refractivity contribution in [2.45, 2.75) is 13.5 Å². The third-order valence-corrected chi connectivity index (χ3v) is 4.76. The van der Waals surface area contributed by atoms with E-state index in [2.05, 4.69) is 10.2 Å². The van der Waals surface area contributed by atoms with E-state index in [-0.39, 0.29) is 0 Å². The van der Waals surface area contributed by atoms with Gasteiger partial charge in [0.2, 0.25) is 0 Å². The van der Waals surface area contributed by atoms with E-state index in [9.17, 15) is 9.59 Å². The predicted molar refractivity (Wildman–Crippen MR) is 105 cm³/mol. The molecular weight excluding hydrogens is 342 g/mol. The summed E-state index contributed by atoms with van der Waals surface area (Å²) in [5, 5.41) is 2.71. The molecule has 0 radical (unpaired) electrons. The summed E-state index contributed by atoms with van der Waals surface area (Å²) < 4.78 is 5.41. The number of carbonyl (C=O) groups is 2. The van der Waals surface area contributed by atoms with Crippen molar-refractivity contribution in [3.63, 3.8) is 0 Å². The van der Waals surface area contributed by atoms with E-state index < -0.39 is 11.8 Å². The van der Waals surface area contributed by atoms with Gasteiger partial charge >= 0.3 is 11.8 Å². The second-order valence-corrected chi connectivity index (χ2v) is 6.62. The minimum Gasteiger partial charge on any atom is -0.495 e. The van der Waals surface area contributed by atoms with Crippen LogP contribution in [0.5, 0.6) is 5.75 Å². The van der Waals surface area contributed by atoms with Crippen LogP contribution in [0.25, 0.3) is 0 Å². The molecule has 0 unspecified atom stereocenters. The molecule has 1 aliphatic heterocycles. The first-order chi connectivity index (χ1) is 13.1. The molecule has 0 spiro atoms. The molecule has 1 saturated heterocycles. The van der Waals surface area contributed by atoms with Crippen molar-refractivity contribution in [3.8, 4) is 5.75 Å². The van der Waals surface area contributed by atoms with E-state index >= 15 is 0 Å². The van der Waals surface area contributed by atoms with Crippen LogP contribution in [0.4, 0.5) is 5.69 Å². The average Bonchev–Trinajstić information content (AvgIpc) is 2.72. The van der Waals surface area contributed by atoms with Crippen molar-refractivity contribution < 1.29 is 14.3 Å². The Balaban J connectivity index is 1.51. The molecule has 1 fully saturated rings. The molecule has 1 N–H and O–H groups in total. The molecule has 0 aromatic heterocycles. The number of piperazine rings is 1. The summed E-state index contributed by atoms with van der Waals surface area (Å²) in [6.07, 6.45) is 0. The van der Waals surface area contributed by atoms with Gasteiger partial charge in [-0.3, -0.25) is 9.59 Å². The van der Waals surface area contributed by atoms with Gasteiger partial charge in [0.15, 0.2) is 0 Å². The minimum absolute atomic E-state index is 0.353. The zero-order chi connectivity index (χ0) is 19.2. The van der Waals surface area contributed by atoms with Crippen LogP contribution < -0.4 is 15.0 Å². The summed E-state index contributed by atoms with van der Waals surface area (Å²) in [5.41, 5.74) is 3.15.